The Labute approximate surface area is 152 Å². The molecule has 0 unspecified atom stereocenters. The second-order valence-corrected chi connectivity index (χ2v) is 7.87. The molecule has 0 atom stereocenters. The largest absolute Gasteiger partial charge is 0.449 e. The van der Waals surface area contributed by atoms with Crippen LogP contribution in [-0.2, 0) is 16.0 Å². The van der Waals surface area contributed by atoms with Crippen LogP contribution in [-0.4, -0.2) is 29.6 Å². The maximum atomic E-state index is 14.2. The number of imidazole rings is 1. The number of alkyl halides is 3. The van der Waals surface area contributed by atoms with Crippen LogP contribution in [0.5, 0.6) is 0 Å². The van der Waals surface area contributed by atoms with Crippen molar-refractivity contribution in [1.82, 2.24) is 15.0 Å². The van der Waals surface area contributed by atoms with E-state index in [1.807, 2.05) is 0 Å². The standard InChI is InChI=1S/C17H13F4N3O2S/c1-9-4-3-5-12(22-9)15-14(23-16(24-15)17(19,20)21)10-6-7-13(11(18)8-10)27(2,25)26/h3-8H,1-2H3,(H,23,24). The second kappa shape index (κ2) is 6.45. The van der Waals surface area contributed by atoms with Gasteiger partial charge in [-0.3, -0.25) is 4.98 Å². The van der Waals surface area contributed by atoms with E-state index in [9.17, 15) is 26.0 Å². The molecule has 0 bridgehead atoms. The van der Waals surface area contributed by atoms with Crippen LogP contribution in [0, 0.1) is 12.7 Å². The van der Waals surface area contributed by atoms with Crippen molar-refractivity contribution < 1.29 is 26.0 Å². The summed E-state index contributed by atoms with van der Waals surface area (Å²) in [4.78, 5) is 9.37. The number of sulfone groups is 1. The van der Waals surface area contributed by atoms with Crippen LogP contribution in [0.25, 0.3) is 22.6 Å². The summed E-state index contributed by atoms with van der Waals surface area (Å²) in [5.41, 5.74) is 0.530. The Kier molecular flexibility index (Phi) is 4.54. The lowest BCUT2D eigenvalue weighted by molar-refractivity contribution is -0.144. The number of aryl methyl sites for hydroxylation is 1. The predicted molar refractivity (Wildman–Crippen MR) is 90.1 cm³/mol. The van der Waals surface area contributed by atoms with Gasteiger partial charge in [0.15, 0.2) is 9.84 Å². The zero-order valence-corrected chi connectivity index (χ0v) is 14.9. The van der Waals surface area contributed by atoms with Gasteiger partial charge < -0.3 is 4.98 Å². The van der Waals surface area contributed by atoms with Crippen molar-refractivity contribution in [1.29, 1.82) is 0 Å². The number of nitrogens with zero attached hydrogens (tertiary/aromatic N) is 2. The van der Waals surface area contributed by atoms with Crippen LogP contribution in [0.2, 0.25) is 0 Å². The van der Waals surface area contributed by atoms with Gasteiger partial charge in [-0.2, -0.15) is 13.2 Å². The molecule has 0 aliphatic carbocycles. The number of nitrogens with one attached hydrogen (secondary N) is 1. The van der Waals surface area contributed by atoms with Gasteiger partial charge in [-0.1, -0.05) is 12.1 Å². The Bertz CT molecular complexity index is 1120. The molecule has 0 saturated heterocycles. The minimum Gasteiger partial charge on any atom is -0.333 e. The van der Waals surface area contributed by atoms with Gasteiger partial charge in [0.1, 0.15) is 10.7 Å². The van der Waals surface area contributed by atoms with Gasteiger partial charge in [-0.25, -0.2) is 17.8 Å². The van der Waals surface area contributed by atoms with Crippen LogP contribution in [0.15, 0.2) is 41.3 Å². The molecule has 2 aromatic heterocycles. The van der Waals surface area contributed by atoms with Crippen LogP contribution in [0.1, 0.15) is 11.5 Å². The summed E-state index contributed by atoms with van der Waals surface area (Å²) in [5.74, 6) is -2.34. The average Bonchev–Trinajstić information content (AvgIpc) is 2.99. The Morgan fingerprint density at radius 3 is 2.33 bits per heavy atom. The number of H-pyrrole nitrogens is 1. The van der Waals surface area contributed by atoms with E-state index in [1.54, 1.807) is 19.1 Å². The third kappa shape index (κ3) is 3.85. The fourth-order valence-corrected chi connectivity index (χ4v) is 3.26. The smallest absolute Gasteiger partial charge is 0.333 e. The molecule has 0 fully saturated rings. The summed E-state index contributed by atoms with van der Waals surface area (Å²) in [5, 5.41) is 0. The lowest BCUT2D eigenvalue weighted by Crippen LogP contribution is -2.07. The highest BCUT2D eigenvalue weighted by molar-refractivity contribution is 7.90. The van der Waals surface area contributed by atoms with Crippen molar-refractivity contribution in [2.45, 2.75) is 18.0 Å². The Morgan fingerprint density at radius 1 is 1.07 bits per heavy atom. The van der Waals surface area contributed by atoms with E-state index in [-0.39, 0.29) is 22.6 Å². The molecule has 0 aliphatic heterocycles. The number of rotatable bonds is 3. The maximum Gasteiger partial charge on any atom is 0.449 e. The van der Waals surface area contributed by atoms with Gasteiger partial charge in [0.2, 0.25) is 5.82 Å². The van der Waals surface area contributed by atoms with Crippen molar-refractivity contribution in [3.63, 3.8) is 0 Å². The maximum absolute atomic E-state index is 14.2. The first-order valence-corrected chi connectivity index (χ1v) is 9.47. The van der Waals surface area contributed by atoms with Gasteiger partial charge in [0.05, 0.1) is 17.1 Å². The number of benzene rings is 1. The first kappa shape index (κ1) is 19.0. The summed E-state index contributed by atoms with van der Waals surface area (Å²) in [6, 6.07) is 7.82. The summed E-state index contributed by atoms with van der Waals surface area (Å²) >= 11 is 0. The van der Waals surface area contributed by atoms with Gasteiger partial charge in [-0.15, -0.1) is 0 Å². The fourth-order valence-electron chi connectivity index (χ4n) is 2.53. The van der Waals surface area contributed by atoms with Gasteiger partial charge in [0, 0.05) is 17.5 Å². The van der Waals surface area contributed by atoms with Gasteiger partial charge in [0.25, 0.3) is 0 Å². The van der Waals surface area contributed by atoms with Crippen molar-refractivity contribution in [3.8, 4) is 22.6 Å². The minimum absolute atomic E-state index is 0.00930. The SMILES string of the molecule is Cc1cccc(-c2[nH]c(C(F)(F)F)nc2-c2ccc(S(C)(=O)=O)c(F)c2)n1. The van der Waals surface area contributed by atoms with Gasteiger partial charge in [-0.05, 0) is 31.2 Å². The van der Waals surface area contributed by atoms with Gasteiger partial charge >= 0.3 is 6.18 Å². The molecule has 1 aromatic carbocycles. The molecule has 0 aliphatic rings. The Morgan fingerprint density at radius 2 is 1.78 bits per heavy atom. The zero-order valence-electron chi connectivity index (χ0n) is 14.1. The van der Waals surface area contributed by atoms with E-state index in [4.69, 9.17) is 0 Å². The van der Waals surface area contributed by atoms with Crippen LogP contribution < -0.4 is 0 Å². The van der Waals surface area contributed by atoms with E-state index < -0.39 is 32.6 Å². The molecule has 2 heterocycles. The molecule has 3 rings (SSSR count). The molecule has 5 nitrogen and oxygen atoms in total. The first-order chi connectivity index (χ1) is 12.5. The molecule has 0 saturated carbocycles. The summed E-state index contributed by atoms with van der Waals surface area (Å²) in [6.07, 6.45) is -3.91. The van der Waals surface area contributed by atoms with E-state index >= 15 is 0 Å². The number of halogens is 4. The quantitative estimate of drug-likeness (QED) is 0.676. The highest BCUT2D eigenvalue weighted by Gasteiger charge is 2.36. The van der Waals surface area contributed by atoms with Crippen LogP contribution in [0.4, 0.5) is 17.6 Å². The summed E-state index contributed by atoms with van der Waals surface area (Å²) in [7, 11) is -3.81. The summed E-state index contributed by atoms with van der Waals surface area (Å²) < 4.78 is 76.7. The first-order valence-electron chi connectivity index (χ1n) is 7.58. The Hall–Kier alpha value is -2.75. The monoisotopic (exact) mass is 399 g/mol. The molecule has 3 aromatic rings. The fraction of sp³-hybridized carbons (Fsp3) is 0.176. The zero-order chi connectivity index (χ0) is 20.0. The van der Waals surface area contributed by atoms with E-state index in [0.29, 0.717) is 5.69 Å². The normalized spacial score (nSPS) is 12.4. The predicted octanol–water partition coefficient (Wildman–Crippen LogP) is 4.01. The van der Waals surface area contributed by atoms with Crippen LogP contribution in [0.3, 0.4) is 0 Å². The van der Waals surface area contributed by atoms with E-state index in [2.05, 4.69) is 15.0 Å². The molecular weight excluding hydrogens is 386 g/mol. The van der Waals surface area contributed by atoms with Crippen molar-refractivity contribution in [2.24, 2.45) is 0 Å². The molecule has 0 spiro atoms. The number of aromatic nitrogens is 3. The summed E-state index contributed by atoms with van der Waals surface area (Å²) in [6.45, 7) is 1.67. The molecule has 10 heteroatoms. The molecule has 0 radical (unpaired) electrons. The molecule has 0 amide bonds. The lowest BCUT2D eigenvalue weighted by Gasteiger charge is -2.06. The highest BCUT2D eigenvalue weighted by atomic mass is 32.2. The topological polar surface area (TPSA) is 75.7 Å². The molecule has 142 valence electrons. The molecule has 27 heavy (non-hydrogen) atoms. The highest BCUT2D eigenvalue weighted by Crippen LogP contribution is 2.35. The van der Waals surface area contributed by atoms with Crippen molar-refractivity contribution >= 4 is 9.84 Å². The minimum atomic E-state index is -4.75. The third-order valence-corrected chi connectivity index (χ3v) is 4.85. The lowest BCUT2D eigenvalue weighted by atomic mass is 10.1. The molecular formula is C17H13F4N3O2S. The van der Waals surface area contributed by atoms with Crippen molar-refractivity contribution in [2.75, 3.05) is 6.26 Å². The Balaban J connectivity index is 2.23. The number of aromatic amines is 1. The van der Waals surface area contributed by atoms with Crippen molar-refractivity contribution in [3.05, 3.63) is 53.7 Å². The molecule has 1 N–H and O–H groups in total. The van der Waals surface area contributed by atoms with E-state index in [1.165, 1.54) is 12.1 Å². The van der Waals surface area contributed by atoms with Crippen LogP contribution >= 0.6 is 0 Å². The number of pyridine rings is 1. The third-order valence-electron chi connectivity index (χ3n) is 3.72. The second-order valence-electron chi connectivity index (χ2n) is 5.89. The van der Waals surface area contributed by atoms with E-state index in [0.717, 1.165) is 18.4 Å². The number of hydrogen-bond donors (Lipinski definition) is 1. The average molecular weight is 399 g/mol. The number of hydrogen-bond acceptors (Lipinski definition) is 4.